The summed E-state index contributed by atoms with van der Waals surface area (Å²) in [6.45, 7) is 14.7. The highest BCUT2D eigenvalue weighted by molar-refractivity contribution is 9.11. The molecular formula is C39H34Br2F4N8S4Si2. The van der Waals surface area contributed by atoms with Crippen LogP contribution in [0, 0.1) is 58.5 Å². The minimum atomic E-state index is -1.82. The number of benzene rings is 4. The van der Waals surface area contributed by atoms with Gasteiger partial charge in [-0.2, -0.15) is 35.0 Å². The van der Waals surface area contributed by atoms with Gasteiger partial charge in [0.05, 0.1) is 88.5 Å². The normalized spacial score (nSPS) is 11.6. The van der Waals surface area contributed by atoms with Gasteiger partial charge in [-0.05, 0) is 75.0 Å². The van der Waals surface area contributed by atoms with Crippen molar-refractivity contribution in [2.24, 2.45) is 0 Å². The van der Waals surface area contributed by atoms with Crippen molar-refractivity contribution in [3.63, 3.8) is 0 Å². The number of aromatic nitrogens is 8. The van der Waals surface area contributed by atoms with Gasteiger partial charge in [-0.1, -0.05) is 53.4 Å². The van der Waals surface area contributed by atoms with Gasteiger partial charge in [-0.25, -0.2) is 17.6 Å². The zero-order valence-electron chi connectivity index (χ0n) is 32.8. The van der Waals surface area contributed by atoms with E-state index in [2.05, 4.69) is 137 Å². The molecule has 0 atom stereocenters. The number of fused-ring (bicyclic) bond motifs is 10. The summed E-state index contributed by atoms with van der Waals surface area (Å²) in [5, 5.41) is 0.243. The highest BCUT2D eigenvalue weighted by Gasteiger charge is 2.29. The minimum Gasteiger partial charge on any atom is -0.205 e. The maximum absolute atomic E-state index is 15.9. The van der Waals surface area contributed by atoms with Crippen LogP contribution in [0.3, 0.4) is 0 Å². The number of hydrogen-bond acceptors (Lipinski definition) is 12. The molecule has 0 bridgehead atoms. The topological polar surface area (TPSA) is 103 Å². The molecule has 59 heavy (non-hydrogen) atoms. The number of rotatable bonds is 6. The largest absolute Gasteiger partial charge is 0.205 e. The van der Waals surface area contributed by atoms with Crippen LogP contribution in [0.4, 0.5) is 17.6 Å². The van der Waals surface area contributed by atoms with Crippen LogP contribution in [0.5, 0.6) is 0 Å². The molecule has 0 saturated carbocycles. The summed E-state index contributed by atoms with van der Waals surface area (Å²) in [5.41, 5.74) is 9.05. The van der Waals surface area contributed by atoms with Gasteiger partial charge in [-0.3, -0.25) is 0 Å². The Morgan fingerprint density at radius 3 is 1.10 bits per heavy atom. The Kier molecular flexibility index (Phi) is 14.2. The maximum atomic E-state index is 15.9. The molecule has 8 aromatic rings. The Bertz CT molecular complexity index is 2980. The molecule has 4 aromatic carbocycles. The fourth-order valence-electron chi connectivity index (χ4n) is 6.86. The van der Waals surface area contributed by atoms with E-state index >= 15 is 8.78 Å². The van der Waals surface area contributed by atoms with Gasteiger partial charge in [0.15, 0.2) is 11.6 Å². The average Bonchev–Trinajstić information content (AvgIpc) is 4.10. The van der Waals surface area contributed by atoms with Crippen molar-refractivity contribution in [2.45, 2.75) is 84.7 Å². The van der Waals surface area contributed by atoms with Gasteiger partial charge >= 0.3 is 0 Å². The molecule has 0 aliphatic carbocycles. The second-order valence-corrected chi connectivity index (χ2v) is 27.0. The Morgan fingerprint density at radius 2 is 0.780 bits per heavy atom. The molecule has 20 heteroatoms. The third-order valence-electron chi connectivity index (χ3n) is 11.1. The van der Waals surface area contributed by atoms with E-state index in [1.165, 1.54) is 18.1 Å². The first kappa shape index (κ1) is 45.0. The van der Waals surface area contributed by atoms with E-state index in [0.717, 1.165) is 65.0 Å². The highest BCUT2D eigenvalue weighted by Crippen LogP contribution is 2.42. The van der Waals surface area contributed by atoms with Crippen molar-refractivity contribution in [3.05, 3.63) is 43.3 Å². The maximum Gasteiger partial charge on any atom is 0.151 e. The summed E-state index contributed by atoms with van der Waals surface area (Å²) in [5.74, 6) is 6.06. The summed E-state index contributed by atoms with van der Waals surface area (Å²) >= 11 is 9.92. The Morgan fingerprint density at radius 1 is 0.475 bits per heavy atom. The van der Waals surface area contributed by atoms with Gasteiger partial charge in [0.2, 0.25) is 0 Å². The van der Waals surface area contributed by atoms with E-state index in [1.54, 1.807) is 6.92 Å². The quantitative estimate of drug-likeness (QED) is 0.0922. The average molecular weight is 1030 g/mol. The SMILES string of the molecule is C#C[Si](CC)(CC)CC.CC#Cc1c(F)c2c3nsnc3c(C#C[Si](CC)(CC)CC)c(F)c2c2nsnc12.Fc1c(Br)c2nsnc2c2c(F)c(Br)c3nsnc3c12. The summed E-state index contributed by atoms with van der Waals surface area (Å²) in [6.07, 6.45) is 5.45. The van der Waals surface area contributed by atoms with Crippen molar-refractivity contribution in [2.75, 3.05) is 0 Å². The van der Waals surface area contributed by atoms with Gasteiger partial charge < -0.3 is 0 Å². The van der Waals surface area contributed by atoms with E-state index in [4.69, 9.17) is 6.42 Å². The van der Waals surface area contributed by atoms with Crippen LogP contribution in [0.2, 0.25) is 36.3 Å². The van der Waals surface area contributed by atoms with Crippen LogP contribution in [0.15, 0.2) is 8.95 Å². The lowest BCUT2D eigenvalue weighted by Crippen LogP contribution is -2.29. The summed E-state index contributed by atoms with van der Waals surface area (Å²) in [7, 11) is -2.98. The van der Waals surface area contributed by atoms with Gasteiger partial charge in [-0.15, -0.1) is 23.4 Å². The van der Waals surface area contributed by atoms with Gasteiger partial charge in [0.25, 0.3) is 0 Å². The Labute approximate surface area is 373 Å². The lowest BCUT2D eigenvalue weighted by molar-refractivity contribution is 0.625. The van der Waals surface area contributed by atoms with Crippen LogP contribution in [0.1, 0.15) is 59.6 Å². The molecule has 4 heterocycles. The van der Waals surface area contributed by atoms with Gasteiger partial charge in [0.1, 0.15) is 71.9 Å². The standard InChI is InChI=1S/C21H18F2N4S2Si.C10Br2F2N4S2.C8H16Si/c1-5-9-12-16(22)14-15(20-18(12)24-28-26-20)17(23)13(19-21(14)27-29-25-19)10-11-30(6-2,7-3)8-4;11-3-5(13)1-2(8-10(3)18-20-16-8)6(14)4(12)9-7(1)15-19-17-9;1-5-9(6-2,7-3)8-4/h6-8H2,1-4H3;;1H,6-8H2,2-4H3. The van der Waals surface area contributed by atoms with Crippen LogP contribution in [-0.2, 0) is 0 Å². The summed E-state index contributed by atoms with van der Waals surface area (Å²) in [6, 6.07) is 6.72. The monoisotopic (exact) mass is 1030 g/mol. The first-order chi connectivity index (χ1) is 28.4. The molecule has 0 spiro atoms. The second-order valence-electron chi connectivity index (χ2n) is 13.4. The lowest BCUT2D eigenvalue weighted by atomic mass is 9.98. The number of halogens is 6. The first-order valence-electron chi connectivity index (χ1n) is 18.5. The van der Waals surface area contributed by atoms with Crippen LogP contribution >= 0.6 is 78.8 Å². The first-order valence-corrected chi connectivity index (χ1v) is 28.3. The van der Waals surface area contributed by atoms with Crippen molar-refractivity contribution in [3.8, 4) is 35.3 Å². The third-order valence-corrected chi connectivity index (χ3v) is 24.0. The summed E-state index contributed by atoms with van der Waals surface area (Å²) < 4.78 is 93.9. The lowest BCUT2D eigenvalue weighted by Gasteiger charge is -2.20. The summed E-state index contributed by atoms with van der Waals surface area (Å²) in [4.78, 5) is 0. The molecule has 0 unspecified atom stereocenters. The van der Waals surface area contributed by atoms with E-state index in [0.29, 0.717) is 33.1 Å². The van der Waals surface area contributed by atoms with Crippen LogP contribution in [-0.4, -0.2) is 51.1 Å². The van der Waals surface area contributed by atoms with Crippen molar-refractivity contribution in [1.82, 2.24) is 35.0 Å². The molecule has 8 rings (SSSR count). The Hall–Kier alpha value is -3.53. The van der Waals surface area contributed by atoms with E-state index < -0.39 is 39.4 Å². The van der Waals surface area contributed by atoms with Crippen LogP contribution < -0.4 is 0 Å². The Balaban J connectivity index is 0.000000173. The van der Waals surface area contributed by atoms with E-state index in [-0.39, 0.29) is 52.7 Å². The van der Waals surface area contributed by atoms with Crippen molar-refractivity contribution in [1.29, 1.82) is 0 Å². The predicted molar refractivity (Wildman–Crippen MR) is 250 cm³/mol. The fraction of sp³-hybridized carbons (Fsp3) is 0.333. The smallest absolute Gasteiger partial charge is 0.151 e. The molecule has 0 aliphatic heterocycles. The molecule has 0 N–H and O–H groups in total. The molecule has 0 aliphatic rings. The van der Waals surface area contributed by atoms with Crippen LogP contribution in [0.25, 0.3) is 65.7 Å². The van der Waals surface area contributed by atoms with Crippen molar-refractivity contribution < 1.29 is 17.6 Å². The number of terminal acetylenes is 1. The second kappa shape index (κ2) is 18.6. The molecule has 0 radical (unpaired) electrons. The zero-order valence-corrected chi connectivity index (χ0v) is 41.2. The van der Waals surface area contributed by atoms with E-state index in [9.17, 15) is 8.78 Å². The van der Waals surface area contributed by atoms with Crippen molar-refractivity contribution >= 4 is 161 Å². The zero-order chi connectivity index (χ0) is 42.8. The van der Waals surface area contributed by atoms with Gasteiger partial charge in [0, 0.05) is 0 Å². The molecule has 304 valence electrons. The molecule has 0 saturated heterocycles. The molecule has 0 fully saturated rings. The molecule has 8 nitrogen and oxygen atoms in total. The molecular weight excluding hydrogens is 1000 g/mol. The fourth-order valence-corrected chi connectivity index (χ4v) is 14.8. The molecule has 4 aromatic heterocycles. The van der Waals surface area contributed by atoms with E-state index in [1.807, 2.05) is 0 Å². The third kappa shape index (κ3) is 7.82. The minimum absolute atomic E-state index is 0.0460. The predicted octanol–water partition coefficient (Wildman–Crippen LogP) is 13.2. The highest BCUT2D eigenvalue weighted by atomic mass is 79.9. The number of nitrogens with zero attached hydrogens (tertiary/aromatic N) is 8. The number of hydrogen-bond donors (Lipinski definition) is 0. The molecule has 0 amide bonds.